The van der Waals surface area contributed by atoms with Crippen LogP contribution in [0.4, 0.5) is 0 Å². The van der Waals surface area contributed by atoms with Crippen molar-refractivity contribution in [3.8, 4) is 0 Å². The SMILES string of the molecule is Cc1cccc(S(=O)(=O)c2ccnc(C)c2C(=O)OC(C)(C)C)c1. The van der Waals surface area contributed by atoms with Gasteiger partial charge in [-0.2, -0.15) is 0 Å². The number of esters is 1. The fourth-order valence-electron chi connectivity index (χ4n) is 2.25. The van der Waals surface area contributed by atoms with Crippen molar-refractivity contribution in [2.24, 2.45) is 0 Å². The van der Waals surface area contributed by atoms with Gasteiger partial charge in [0, 0.05) is 6.20 Å². The Morgan fingerprint density at radius 3 is 2.38 bits per heavy atom. The number of hydrogen-bond donors (Lipinski definition) is 0. The van der Waals surface area contributed by atoms with Gasteiger partial charge in [-0.05, 0) is 58.4 Å². The largest absolute Gasteiger partial charge is 0.456 e. The fourth-order valence-corrected chi connectivity index (χ4v) is 3.85. The van der Waals surface area contributed by atoms with Crippen molar-refractivity contribution in [1.82, 2.24) is 4.98 Å². The number of carbonyl (C=O) groups is 1. The molecule has 2 rings (SSSR count). The molecule has 1 heterocycles. The van der Waals surface area contributed by atoms with Gasteiger partial charge in [0.15, 0.2) is 0 Å². The molecule has 6 heteroatoms. The Balaban J connectivity index is 2.63. The van der Waals surface area contributed by atoms with Gasteiger partial charge in [0.2, 0.25) is 9.84 Å². The lowest BCUT2D eigenvalue weighted by molar-refractivity contribution is 0.00637. The molecule has 0 bridgehead atoms. The van der Waals surface area contributed by atoms with Crippen LogP contribution in [0.15, 0.2) is 46.3 Å². The van der Waals surface area contributed by atoms with Crippen LogP contribution in [-0.2, 0) is 14.6 Å². The molecule has 0 saturated carbocycles. The molecule has 0 fully saturated rings. The van der Waals surface area contributed by atoms with E-state index in [0.717, 1.165) is 5.56 Å². The van der Waals surface area contributed by atoms with Crippen molar-refractivity contribution in [2.45, 2.75) is 50.0 Å². The molecule has 0 aliphatic rings. The molecule has 0 atom stereocenters. The zero-order valence-corrected chi connectivity index (χ0v) is 15.3. The zero-order valence-electron chi connectivity index (χ0n) is 14.5. The summed E-state index contributed by atoms with van der Waals surface area (Å²) < 4.78 is 31.3. The maximum atomic E-state index is 13.0. The number of sulfone groups is 1. The van der Waals surface area contributed by atoms with Gasteiger partial charge in [-0.25, -0.2) is 13.2 Å². The molecule has 0 unspecified atom stereocenters. The summed E-state index contributed by atoms with van der Waals surface area (Å²) in [5.41, 5.74) is 0.386. The van der Waals surface area contributed by atoms with Crippen LogP contribution in [0.3, 0.4) is 0 Å². The normalized spacial score (nSPS) is 12.0. The first kappa shape index (κ1) is 18.1. The predicted molar refractivity (Wildman–Crippen MR) is 90.8 cm³/mol. The summed E-state index contributed by atoms with van der Waals surface area (Å²) >= 11 is 0. The van der Waals surface area contributed by atoms with E-state index in [2.05, 4.69) is 4.98 Å². The smallest absolute Gasteiger partial charge is 0.341 e. The van der Waals surface area contributed by atoms with Crippen molar-refractivity contribution in [3.05, 3.63) is 53.3 Å². The van der Waals surface area contributed by atoms with Crippen molar-refractivity contribution >= 4 is 15.8 Å². The van der Waals surface area contributed by atoms with Gasteiger partial charge in [0.05, 0.1) is 21.0 Å². The summed E-state index contributed by atoms with van der Waals surface area (Å²) in [5.74, 6) is -0.695. The monoisotopic (exact) mass is 347 g/mol. The predicted octanol–water partition coefficient (Wildman–Crippen LogP) is 3.49. The fraction of sp³-hybridized carbons (Fsp3) is 0.333. The van der Waals surface area contributed by atoms with Gasteiger partial charge in [0.25, 0.3) is 0 Å². The van der Waals surface area contributed by atoms with E-state index in [4.69, 9.17) is 4.74 Å². The van der Waals surface area contributed by atoms with Gasteiger partial charge in [0.1, 0.15) is 5.60 Å². The first-order chi connectivity index (χ1) is 11.0. The third-order valence-corrected chi connectivity index (χ3v) is 5.09. The van der Waals surface area contributed by atoms with E-state index in [1.54, 1.807) is 39.8 Å². The number of pyridine rings is 1. The van der Waals surface area contributed by atoms with E-state index in [0.29, 0.717) is 5.69 Å². The molecular weight excluding hydrogens is 326 g/mol. The van der Waals surface area contributed by atoms with Gasteiger partial charge in [-0.3, -0.25) is 4.98 Å². The van der Waals surface area contributed by atoms with E-state index in [1.165, 1.54) is 18.3 Å². The number of ether oxygens (including phenoxy) is 1. The summed E-state index contributed by atoms with van der Waals surface area (Å²) in [6.07, 6.45) is 1.38. The second kappa shape index (κ2) is 6.36. The number of nitrogens with zero attached hydrogens (tertiary/aromatic N) is 1. The minimum Gasteiger partial charge on any atom is -0.456 e. The number of benzene rings is 1. The first-order valence-corrected chi connectivity index (χ1v) is 9.01. The average molecular weight is 347 g/mol. The highest BCUT2D eigenvalue weighted by Gasteiger charge is 2.29. The van der Waals surface area contributed by atoms with Crippen molar-refractivity contribution in [3.63, 3.8) is 0 Å². The second-order valence-corrected chi connectivity index (χ2v) is 8.51. The Bertz CT molecular complexity index is 880. The highest BCUT2D eigenvalue weighted by atomic mass is 32.2. The Hall–Kier alpha value is -2.21. The molecule has 0 saturated heterocycles. The Labute approximate surface area is 142 Å². The summed E-state index contributed by atoms with van der Waals surface area (Å²) in [6, 6.07) is 7.90. The van der Waals surface area contributed by atoms with Crippen molar-refractivity contribution < 1.29 is 17.9 Å². The molecule has 0 radical (unpaired) electrons. The minimum atomic E-state index is -3.86. The summed E-state index contributed by atoms with van der Waals surface area (Å²) in [6.45, 7) is 8.59. The third-order valence-electron chi connectivity index (χ3n) is 3.29. The molecule has 2 aromatic rings. The Morgan fingerprint density at radius 1 is 1.12 bits per heavy atom. The molecule has 24 heavy (non-hydrogen) atoms. The number of carbonyl (C=O) groups excluding carboxylic acids is 1. The number of aryl methyl sites for hydroxylation is 2. The minimum absolute atomic E-state index is 0.0195. The summed E-state index contributed by atoms with van der Waals surface area (Å²) in [5, 5.41) is 0. The highest BCUT2D eigenvalue weighted by Crippen LogP contribution is 2.27. The summed E-state index contributed by atoms with van der Waals surface area (Å²) in [7, 11) is -3.86. The van der Waals surface area contributed by atoms with E-state index in [1.807, 2.05) is 13.0 Å². The van der Waals surface area contributed by atoms with Crippen LogP contribution in [0, 0.1) is 13.8 Å². The molecule has 0 aliphatic carbocycles. The van der Waals surface area contributed by atoms with E-state index < -0.39 is 21.4 Å². The van der Waals surface area contributed by atoms with Crippen molar-refractivity contribution in [2.75, 3.05) is 0 Å². The molecule has 1 aromatic carbocycles. The average Bonchev–Trinajstić information content (AvgIpc) is 2.45. The lowest BCUT2D eigenvalue weighted by Gasteiger charge is -2.21. The lowest BCUT2D eigenvalue weighted by Crippen LogP contribution is -2.26. The van der Waals surface area contributed by atoms with Crippen LogP contribution >= 0.6 is 0 Å². The highest BCUT2D eigenvalue weighted by molar-refractivity contribution is 7.91. The number of hydrogen-bond acceptors (Lipinski definition) is 5. The lowest BCUT2D eigenvalue weighted by atomic mass is 10.1. The molecule has 1 aromatic heterocycles. The summed E-state index contributed by atoms with van der Waals surface area (Å²) in [4.78, 5) is 16.6. The van der Waals surface area contributed by atoms with Gasteiger partial charge >= 0.3 is 5.97 Å². The molecule has 128 valence electrons. The first-order valence-electron chi connectivity index (χ1n) is 7.53. The zero-order chi connectivity index (χ0) is 18.1. The Kier molecular flexibility index (Phi) is 4.80. The van der Waals surface area contributed by atoms with E-state index in [-0.39, 0.29) is 15.4 Å². The molecule has 0 N–H and O–H groups in total. The van der Waals surface area contributed by atoms with Gasteiger partial charge in [-0.1, -0.05) is 12.1 Å². The Morgan fingerprint density at radius 2 is 1.79 bits per heavy atom. The third kappa shape index (κ3) is 3.82. The van der Waals surface area contributed by atoms with Crippen LogP contribution in [-0.4, -0.2) is 25.0 Å². The number of rotatable bonds is 3. The van der Waals surface area contributed by atoms with E-state index >= 15 is 0 Å². The van der Waals surface area contributed by atoms with E-state index in [9.17, 15) is 13.2 Å². The van der Waals surface area contributed by atoms with Crippen LogP contribution < -0.4 is 0 Å². The van der Waals surface area contributed by atoms with Crippen LogP contribution in [0.5, 0.6) is 0 Å². The number of aromatic nitrogens is 1. The van der Waals surface area contributed by atoms with Crippen LogP contribution in [0.2, 0.25) is 0 Å². The van der Waals surface area contributed by atoms with Gasteiger partial charge < -0.3 is 4.74 Å². The molecule has 0 spiro atoms. The maximum absolute atomic E-state index is 13.0. The topological polar surface area (TPSA) is 73.3 Å². The molecular formula is C18H21NO4S. The van der Waals surface area contributed by atoms with Gasteiger partial charge in [-0.15, -0.1) is 0 Å². The molecule has 0 aliphatic heterocycles. The molecule has 0 amide bonds. The van der Waals surface area contributed by atoms with Crippen LogP contribution in [0.25, 0.3) is 0 Å². The molecule has 5 nitrogen and oxygen atoms in total. The van der Waals surface area contributed by atoms with Crippen LogP contribution in [0.1, 0.15) is 42.4 Å². The second-order valence-electron chi connectivity index (χ2n) is 6.59. The maximum Gasteiger partial charge on any atom is 0.341 e. The quantitative estimate of drug-likeness (QED) is 0.795. The standard InChI is InChI=1S/C18H21NO4S/c1-12-7-6-8-14(11-12)24(21,22)15-9-10-19-13(2)16(15)17(20)23-18(3,4)5/h6-11H,1-5H3. The van der Waals surface area contributed by atoms with Crippen molar-refractivity contribution in [1.29, 1.82) is 0 Å².